The van der Waals surface area contributed by atoms with Gasteiger partial charge in [0, 0.05) is 12.4 Å². The average Bonchev–Trinajstić information content (AvgIpc) is 2.35. The van der Waals surface area contributed by atoms with Crippen LogP contribution in [0.15, 0.2) is 40.3 Å². The lowest BCUT2D eigenvalue weighted by Gasteiger charge is -2.08. The summed E-state index contributed by atoms with van der Waals surface area (Å²) in [5.41, 5.74) is -0.573. The molecule has 2 rings (SSSR count). The minimum absolute atomic E-state index is 0.00788. The van der Waals surface area contributed by atoms with Crippen LogP contribution in [0.1, 0.15) is 0 Å². The number of sulfonamides is 1. The number of pyridine rings is 2. The fraction of sp³-hybridized carbons (Fsp3) is 0. The molecule has 0 spiro atoms. The zero-order chi connectivity index (χ0) is 14.0. The van der Waals surface area contributed by atoms with Crippen molar-refractivity contribution < 1.29 is 8.42 Å². The molecule has 9 heteroatoms. The summed E-state index contributed by atoms with van der Waals surface area (Å²) in [6, 6.07) is 4.10. The highest BCUT2D eigenvalue weighted by molar-refractivity contribution is 7.92. The number of aromatic amines is 1. The van der Waals surface area contributed by atoms with Gasteiger partial charge in [0.25, 0.3) is 15.6 Å². The van der Waals surface area contributed by atoms with Crippen molar-refractivity contribution in [1.82, 2.24) is 9.97 Å². The Labute approximate surface area is 118 Å². The lowest BCUT2D eigenvalue weighted by Crippen LogP contribution is -2.16. The van der Waals surface area contributed by atoms with Crippen LogP contribution in [0.25, 0.3) is 0 Å². The first kappa shape index (κ1) is 13.9. The van der Waals surface area contributed by atoms with Gasteiger partial charge in [-0.2, -0.15) is 0 Å². The number of H-pyrrole nitrogens is 1. The Morgan fingerprint density at radius 3 is 2.63 bits per heavy atom. The average molecular weight is 320 g/mol. The Morgan fingerprint density at radius 2 is 2.00 bits per heavy atom. The summed E-state index contributed by atoms with van der Waals surface area (Å²) in [5.74, 6) is -0.00788. The van der Waals surface area contributed by atoms with Crippen LogP contribution in [0.5, 0.6) is 0 Å². The molecule has 0 radical (unpaired) electrons. The van der Waals surface area contributed by atoms with Gasteiger partial charge in [0.1, 0.15) is 9.92 Å². The molecule has 0 saturated carbocycles. The third-order valence-electron chi connectivity index (χ3n) is 2.13. The summed E-state index contributed by atoms with van der Waals surface area (Å²) in [4.78, 5) is 16.9. The maximum absolute atomic E-state index is 12.0. The molecule has 0 unspecified atom stereocenters. The lowest BCUT2D eigenvalue weighted by molar-refractivity contribution is 0.600. The summed E-state index contributed by atoms with van der Waals surface area (Å²) in [5, 5.41) is -0.0726. The van der Waals surface area contributed by atoms with E-state index in [1.54, 1.807) is 6.07 Å². The van der Waals surface area contributed by atoms with Crippen LogP contribution < -0.4 is 10.3 Å². The molecule has 0 amide bonds. The molecule has 0 bridgehead atoms. The van der Waals surface area contributed by atoms with Gasteiger partial charge in [0.2, 0.25) is 0 Å². The monoisotopic (exact) mass is 319 g/mol. The van der Waals surface area contributed by atoms with Gasteiger partial charge in [0.05, 0.1) is 5.02 Å². The molecular formula is C10H7Cl2N3O3S. The third kappa shape index (κ3) is 3.06. The van der Waals surface area contributed by atoms with E-state index in [1.807, 2.05) is 0 Å². The van der Waals surface area contributed by atoms with Crippen molar-refractivity contribution in [3.05, 3.63) is 51.0 Å². The van der Waals surface area contributed by atoms with E-state index in [0.717, 1.165) is 12.3 Å². The Balaban J connectivity index is 2.41. The van der Waals surface area contributed by atoms with Crippen molar-refractivity contribution in [2.24, 2.45) is 0 Å². The van der Waals surface area contributed by atoms with E-state index in [0.29, 0.717) is 0 Å². The van der Waals surface area contributed by atoms with Gasteiger partial charge in [-0.3, -0.25) is 9.52 Å². The van der Waals surface area contributed by atoms with E-state index in [4.69, 9.17) is 23.2 Å². The van der Waals surface area contributed by atoms with Crippen molar-refractivity contribution in [2.75, 3.05) is 4.72 Å². The Morgan fingerprint density at radius 1 is 1.26 bits per heavy atom. The van der Waals surface area contributed by atoms with E-state index in [-0.39, 0.29) is 20.8 Å². The van der Waals surface area contributed by atoms with Crippen LogP contribution in [0.3, 0.4) is 0 Å². The molecule has 0 aliphatic heterocycles. The summed E-state index contributed by atoms with van der Waals surface area (Å²) in [6.07, 6.45) is 2.43. The second-order valence-corrected chi connectivity index (χ2v) is 5.95. The van der Waals surface area contributed by atoms with Gasteiger partial charge < -0.3 is 4.98 Å². The standard InChI is InChI=1S/C10H7Cl2N3O3S/c11-7-2-1-3-13-9(7)15-19(17,18)6-4-8(12)10(16)14-5-6/h1-5H,(H,13,15)(H,14,16). The fourth-order valence-corrected chi connectivity index (χ4v) is 2.72. The molecular weight excluding hydrogens is 313 g/mol. The van der Waals surface area contributed by atoms with E-state index in [9.17, 15) is 13.2 Å². The van der Waals surface area contributed by atoms with Crippen LogP contribution in [0.2, 0.25) is 10.0 Å². The van der Waals surface area contributed by atoms with Crippen molar-refractivity contribution in [2.45, 2.75) is 4.90 Å². The maximum Gasteiger partial charge on any atom is 0.266 e. The number of halogens is 2. The zero-order valence-electron chi connectivity index (χ0n) is 9.22. The molecule has 100 valence electrons. The lowest BCUT2D eigenvalue weighted by atomic mass is 10.5. The predicted octanol–water partition coefficient (Wildman–Crippen LogP) is 1.88. The molecule has 2 heterocycles. The number of hydrogen-bond donors (Lipinski definition) is 2. The van der Waals surface area contributed by atoms with Crippen LogP contribution >= 0.6 is 23.2 Å². The highest BCUT2D eigenvalue weighted by Crippen LogP contribution is 2.21. The first-order valence-corrected chi connectivity index (χ1v) is 7.15. The van der Waals surface area contributed by atoms with Crippen LogP contribution in [-0.2, 0) is 10.0 Å². The minimum atomic E-state index is -3.93. The summed E-state index contributed by atoms with van der Waals surface area (Å²) in [7, 11) is -3.93. The van der Waals surface area contributed by atoms with Crippen molar-refractivity contribution in [3.8, 4) is 0 Å². The molecule has 0 fully saturated rings. The van der Waals surface area contributed by atoms with E-state index >= 15 is 0 Å². The number of hydrogen-bond acceptors (Lipinski definition) is 4. The summed E-state index contributed by atoms with van der Waals surface area (Å²) < 4.78 is 26.3. The fourth-order valence-electron chi connectivity index (χ4n) is 1.24. The molecule has 2 N–H and O–H groups in total. The van der Waals surface area contributed by atoms with Gasteiger partial charge in [-0.05, 0) is 18.2 Å². The molecule has 0 saturated heterocycles. The maximum atomic E-state index is 12.0. The third-order valence-corrected chi connectivity index (χ3v) is 4.04. The van der Waals surface area contributed by atoms with Crippen LogP contribution in [0, 0.1) is 0 Å². The second-order valence-electron chi connectivity index (χ2n) is 3.45. The van der Waals surface area contributed by atoms with Gasteiger partial charge in [-0.1, -0.05) is 23.2 Å². The van der Waals surface area contributed by atoms with E-state index < -0.39 is 15.6 Å². The topological polar surface area (TPSA) is 91.9 Å². The molecule has 2 aromatic heterocycles. The smallest absolute Gasteiger partial charge is 0.266 e. The first-order chi connectivity index (χ1) is 8.90. The van der Waals surface area contributed by atoms with Gasteiger partial charge in [-0.25, -0.2) is 13.4 Å². The van der Waals surface area contributed by atoms with Gasteiger partial charge in [0.15, 0.2) is 5.82 Å². The quantitative estimate of drug-likeness (QED) is 0.903. The SMILES string of the molecule is O=c1[nH]cc(S(=O)(=O)Nc2ncccc2Cl)cc1Cl. The van der Waals surface area contributed by atoms with E-state index in [1.165, 1.54) is 12.3 Å². The number of rotatable bonds is 3. The first-order valence-electron chi connectivity index (χ1n) is 4.92. The normalized spacial score (nSPS) is 11.3. The summed E-state index contributed by atoms with van der Waals surface area (Å²) >= 11 is 11.4. The molecule has 0 atom stereocenters. The van der Waals surface area contributed by atoms with Gasteiger partial charge in [-0.15, -0.1) is 0 Å². The van der Waals surface area contributed by atoms with Crippen molar-refractivity contribution >= 4 is 39.0 Å². The molecule has 0 aliphatic carbocycles. The predicted molar refractivity (Wildman–Crippen MR) is 72.1 cm³/mol. The van der Waals surface area contributed by atoms with Crippen molar-refractivity contribution in [1.29, 1.82) is 0 Å². The Hall–Kier alpha value is -1.57. The Bertz CT molecular complexity index is 774. The number of aromatic nitrogens is 2. The van der Waals surface area contributed by atoms with Crippen LogP contribution in [0.4, 0.5) is 5.82 Å². The number of nitrogens with one attached hydrogen (secondary N) is 2. The molecule has 19 heavy (non-hydrogen) atoms. The van der Waals surface area contributed by atoms with E-state index in [2.05, 4.69) is 14.7 Å². The van der Waals surface area contributed by atoms with Crippen LogP contribution in [-0.4, -0.2) is 18.4 Å². The number of nitrogens with zero attached hydrogens (tertiary/aromatic N) is 1. The molecule has 6 nitrogen and oxygen atoms in total. The summed E-state index contributed by atoms with van der Waals surface area (Å²) in [6.45, 7) is 0. The van der Waals surface area contributed by atoms with Gasteiger partial charge >= 0.3 is 0 Å². The largest absolute Gasteiger partial charge is 0.326 e. The van der Waals surface area contributed by atoms with Crippen molar-refractivity contribution in [3.63, 3.8) is 0 Å². The molecule has 0 aliphatic rings. The zero-order valence-corrected chi connectivity index (χ0v) is 11.6. The molecule has 2 aromatic rings. The molecule has 0 aromatic carbocycles. The second kappa shape index (κ2) is 5.20. The Kier molecular flexibility index (Phi) is 3.79. The number of anilines is 1. The highest BCUT2D eigenvalue weighted by Gasteiger charge is 2.17. The minimum Gasteiger partial charge on any atom is -0.326 e. The highest BCUT2D eigenvalue weighted by atomic mass is 35.5.